The highest BCUT2D eigenvalue weighted by Crippen LogP contribution is 2.26. The Morgan fingerprint density at radius 1 is 1.11 bits per heavy atom. The lowest BCUT2D eigenvalue weighted by Crippen LogP contribution is -2.14. The molecule has 0 aliphatic heterocycles. The van der Waals surface area contributed by atoms with E-state index in [1.807, 2.05) is 0 Å². The number of hydrogen-bond donors (Lipinski definition) is 1. The molecule has 0 spiro atoms. The molecule has 1 aromatic heterocycles. The summed E-state index contributed by atoms with van der Waals surface area (Å²) in [6, 6.07) is 9.13. The maximum absolute atomic E-state index is 12.1. The third-order valence-corrected chi connectivity index (χ3v) is 4.16. The number of benzene rings is 1. The minimum Gasteiger partial charge on any atom is -0.263 e. The number of pyridine rings is 1. The average molecular weight is 303 g/mol. The molecule has 0 amide bonds. The Morgan fingerprint density at radius 3 is 2.56 bits per heavy atom. The molecule has 1 aromatic carbocycles. The van der Waals surface area contributed by atoms with Gasteiger partial charge in [-0.25, -0.2) is 13.4 Å². The molecule has 0 unspecified atom stereocenters. The molecule has 1 heterocycles. The zero-order chi connectivity index (χ0) is 13.2. The predicted octanol–water partition coefficient (Wildman–Crippen LogP) is 3.19. The Hall–Kier alpha value is -1.30. The van der Waals surface area contributed by atoms with Crippen molar-refractivity contribution < 1.29 is 8.42 Å². The van der Waals surface area contributed by atoms with Gasteiger partial charge in [-0.2, -0.15) is 0 Å². The van der Waals surface area contributed by atoms with Gasteiger partial charge in [0.25, 0.3) is 10.0 Å². The van der Waals surface area contributed by atoms with Gasteiger partial charge in [0.2, 0.25) is 0 Å². The largest absolute Gasteiger partial charge is 0.264 e. The molecule has 0 saturated heterocycles. The number of halogens is 2. The second kappa shape index (κ2) is 5.14. The molecule has 4 nitrogen and oxygen atoms in total. The standard InChI is InChI=1S/C11H8Cl2N2O2S/c12-8-4-5-9(13)10(7-8)18(16,17)15-11-3-1-2-6-14-11/h1-7H,(H,14,15). The van der Waals surface area contributed by atoms with Gasteiger partial charge in [0.15, 0.2) is 0 Å². The first-order valence-corrected chi connectivity index (χ1v) is 7.12. The van der Waals surface area contributed by atoms with E-state index >= 15 is 0 Å². The first-order valence-electron chi connectivity index (χ1n) is 4.88. The van der Waals surface area contributed by atoms with E-state index in [9.17, 15) is 8.42 Å². The minimum atomic E-state index is -3.80. The molecule has 0 atom stereocenters. The molecular formula is C11H8Cl2N2O2S. The molecule has 1 N–H and O–H groups in total. The number of sulfonamides is 1. The Kier molecular flexibility index (Phi) is 3.75. The van der Waals surface area contributed by atoms with Gasteiger partial charge in [-0.3, -0.25) is 4.72 Å². The van der Waals surface area contributed by atoms with Gasteiger partial charge in [-0.1, -0.05) is 29.3 Å². The Balaban J connectivity index is 2.40. The van der Waals surface area contributed by atoms with Crippen LogP contribution in [-0.2, 0) is 10.0 Å². The first kappa shape index (κ1) is 13.1. The van der Waals surface area contributed by atoms with Crippen molar-refractivity contribution in [2.45, 2.75) is 4.90 Å². The fraction of sp³-hybridized carbons (Fsp3) is 0. The lowest BCUT2D eigenvalue weighted by atomic mass is 10.4. The van der Waals surface area contributed by atoms with Crippen LogP contribution in [0.1, 0.15) is 0 Å². The molecule has 0 aliphatic rings. The van der Waals surface area contributed by atoms with Crippen molar-refractivity contribution in [3.05, 3.63) is 52.6 Å². The highest BCUT2D eigenvalue weighted by Gasteiger charge is 2.18. The normalized spacial score (nSPS) is 11.2. The number of nitrogens with one attached hydrogen (secondary N) is 1. The van der Waals surface area contributed by atoms with Crippen LogP contribution in [0.2, 0.25) is 10.0 Å². The van der Waals surface area contributed by atoms with Gasteiger partial charge >= 0.3 is 0 Å². The smallest absolute Gasteiger partial charge is 0.263 e. The molecule has 0 saturated carbocycles. The zero-order valence-electron chi connectivity index (χ0n) is 8.97. The third-order valence-electron chi connectivity index (χ3n) is 2.09. The number of rotatable bonds is 3. The zero-order valence-corrected chi connectivity index (χ0v) is 11.3. The monoisotopic (exact) mass is 302 g/mol. The van der Waals surface area contributed by atoms with Crippen LogP contribution in [0.4, 0.5) is 5.82 Å². The van der Waals surface area contributed by atoms with E-state index in [2.05, 4.69) is 9.71 Å². The average Bonchev–Trinajstić information content (AvgIpc) is 2.33. The van der Waals surface area contributed by atoms with Crippen molar-refractivity contribution in [2.75, 3.05) is 4.72 Å². The maximum atomic E-state index is 12.1. The van der Waals surface area contributed by atoms with E-state index in [0.29, 0.717) is 5.02 Å². The summed E-state index contributed by atoms with van der Waals surface area (Å²) in [7, 11) is -3.80. The van der Waals surface area contributed by atoms with Crippen LogP contribution >= 0.6 is 23.2 Å². The van der Waals surface area contributed by atoms with E-state index < -0.39 is 10.0 Å². The summed E-state index contributed by atoms with van der Waals surface area (Å²) in [4.78, 5) is 3.79. The van der Waals surface area contributed by atoms with E-state index in [4.69, 9.17) is 23.2 Å². The molecular weight excluding hydrogens is 295 g/mol. The highest BCUT2D eigenvalue weighted by atomic mass is 35.5. The number of hydrogen-bond acceptors (Lipinski definition) is 3. The SMILES string of the molecule is O=S(=O)(Nc1ccccn1)c1cc(Cl)ccc1Cl. The van der Waals surface area contributed by atoms with Crippen LogP contribution in [0.3, 0.4) is 0 Å². The van der Waals surface area contributed by atoms with Crippen molar-refractivity contribution in [1.82, 2.24) is 4.98 Å². The predicted molar refractivity (Wildman–Crippen MR) is 71.5 cm³/mol. The van der Waals surface area contributed by atoms with Crippen molar-refractivity contribution in [3.8, 4) is 0 Å². The number of aromatic nitrogens is 1. The van der Waals surface area contributed by atoms with Crippen LogP contribution < -0.4 is 4.72 Å². The lowest BCUT2D eigenvalue weighted by molar-refractivity contribution is 0.601. The molecule has 2 rings (SSSR count). The van der Waals surface area contributed by atoms with E-state index in [1.54, 1.807) is 12.1 Å². The lowest BCUT2D eigenvalue weighted by Gasteiger charge is -2.08. The van der Waals surface area contributed by atoms with Crippen LogP contribution in [0.25, 0.3) is 0 Å². The third kappa shape index (κ3) is 2.93. The number of anilines is 1. The van der Waals surface area contributed by atoms with Gasteiger partial charge in [-0.15, -0.1) is 0 Å². The summed E-state index contributed by atoms with van der Waals surface area (Å²) in [5.74, 6) is 0.216. The van der Waals surface area contributed by atoms with Gasteiger partial charge < -0.3 is 0 Å². The van der Waals surface area contributed by atoms with Crippen molar-refractivity contribution in [3.63, 3.8) is 0 Å². The van der Waals surface area contributed by atoms with Crippen LogP contribution in [0.5, 0.6) is 0 Å². The summed E-state index contributed by atoms with van der Waals surface area (Å²) >= 11 is 11.6. The van der Waals surface area contributed by atoms with Crippen LogP contribution in [0, 0.1) is 0 Å². The quantitative estimate of drug-likeness (QED) is 0.947. The van der Waals surface area contributed by atoms with E-state index in [1.165, 1.54) is 30.5 Å². The molecule has 2 aromatic rings. The molecule has 18 heavy (non-hydrogen) atoms. The van der Waals surface area contributed by atoms with Crippen molar-refractivity contribution in [1.29, 1.82) is 0 Å². The van der Waals surface area contributed by atoms with E-state index in [-0.39, 0.29) is 15.7 Å². The Morgan fingerprint density at radius 2 is 1.89 bits per heavy atom. The van der Waals surface area contributed by atoms with Crippen molar-refractivity contribution >= 4 is 39.0 Å². The van der Waals surface area contributed by atoms with Crippen LogP contribution in [-0.4, -0.2) is 13.4 Å². The van der Waals surface area contributed by atoms with Gasteiger partial charge in [0.05, 0.1) is 5.02 Å². The second-order valence-corrected chi connectivity index (χ2v) is 5.89. The summed E-state index contributed by atoms with van der Waals surface area (Å²) in [6.45, 7) is 0. The van der Waals surface area contributed by atoms with Gasteiger partial charge in [0.1, 0.15) is 10.7 Å². The molecule has 7 heteroatoms. The molecule has 0 radical (unpaired) electrons. The fourth-order valence-electron chi connectivity index (χ4n) is 1.30. The summed E-state index contributed by atoms with van der Waals surface area (Å²) < 4.78 is 26.5. The maximum Gasteiger partial charge on any atom is 0.264 e. The molecule has 94 valence electrons. The fourth-order valence-corrected chi connectivity index (χ4v) is 3.07. The van der Waals surface area contributed by atoms with Gasteiger partial charge in [0, 0.05) is 11.2 Å². The Labute approximate surface area is 115 Å². The first-order chi connectivity index (χ1) is 8.49. The number of nitrogens with zero attached hydrogens (tertiary/aromatic N) is 1. The molecule has 0 fully saturated rings. The highest BCUT2D eigenvalue weighted by molar-refractivity contribution is 7.92. The molecule has 0 bridgehead atoms. The van der Waals surface area contributed by atoms with Gasteiger partial charge in [-0.05, 0) is 30.3 Å². The summed E-state index contributed by atoms with van der Waals surface area (Å²) in [5, 5.41) is 0.392. The summed E-state index contributed by atoms with van der Waals surface area (Å²) in [6.07, 6.45) is 1.48. The minimum absolute atomic E-state index is 0.0812. The second-order valence-electron chi connectivity index (χ2n) is 3.40. The topological polar surface area (TPSA) is 59.1 Å². The van der Waals surface area contributed by atoms with Crippen molar-refractivity contribution in [2.24, 2.45) is 0 Å². The summed E-state index contributed by atoms with van der Waals surface area (Å²) in [5.41, 5.74) is 0. The van der Waals surface area contributed by atoms with E-state index in [0.717, 1.165) is 0 Å². The van der Waals surface area contributed by atoms with Crippen LogP contribution in [0.15, 0.2) is 47.5 Å². The molecule has 0 aliphatic carbocycles. The Bertz CT molecular complexity index is 660.